The maximum atomic E-state index is 13.6. The molecule has 0 radical (unpaired) electrons. The first-order valence-corrected chi connectivity index (χ1v) is 11.2. The van der Waals surface area contributed by atoms with Crippen molar-refractivity contribution in [3.8, 4) is 5.75 Å². The molecule has 1 atom stereocenters. The van der Waals surface area contributed by atoms with Crippen LogP contribution in [0.4, 0.5) is 5.13 Å². The largest absolute Gasteiger partial charge is 0.497 e. The quantitative estimate of drug-likeness (QED) is 0.624. The smallest absolute Gasteiger partial charge is 0.252 e. The Morgan fingerprint density at radius 2 is 1.84 bits per heavy atom. The third-order valence-electron chi connectivity index (χ3n) is 5.42. The van der Waals surface area contributed by atoms with E-state index in [1.165, 1.54) is 0 Å². The number of hydrogen-bond donors (Lipinski definition) is 1. The molecule has 1 N–H and O–H groups in total. The Bertz CT molecular complexity index is 1100. The fourth-order valence-corrected chi connectivity index (χ4v) is 4.68. The van der Waals surface area contributed by atoms with Gasteiger partial charge in [0.2, 0.25) is 5.91 Å². The molecule has 0 aliphatic carbocycles. The number of hydrogen-bond acceptors (Lipinski definition) is 6. The second-order valence-corrected chi connectivity index (χ2v) is 8.88. The molecule has 7 nitrogen and oxygen atoms in total. The van der Waals surface area contributed by atoms with Crippen LogP contribution in [0.15, 0.2) is 54.6 Å². The van der Waals surface area contributed by atoms with Gasteiger partial charge in [0.25, 0.3) is 5.91 Å². The molecule has 2 heterocycles. The number of amides is 2. The second-order valence-electron chi connectivity index (χ2n) is 7.82. The van der Waals surface area contributed by atoms with Crippen LogP contribution in [0.2, 0.25) is 0 Å². The van der Waals surface area contributed by atoms with Crippen molar-refractivity contribution in [1.29, 1.82) is 0 Å². The summed E-state index contributed by atoms with van der Waals surface area (Å²) in [6, 6.07) is 15.4. The lowest BCUT2D eigenvalue weighted by Crippen LogP contribution is -2.44. The van der Waals surface area contributed by atoms with Gasteiger partial charge in [0.1, 0.15) is 11.8 Å². The average Bonchev–Trinajstić information content (AvgIpc) is 3.26. The lowest BCUT2D eigenvalue weighted by Gasteiger charge is -2.30. The van der Waals surface area contributed by atoms with E-state index in [0.29, 0.717) is 30.8 Å². The van der Waals surface area contributed by atoms with Crippen LogP contribution in [0.5, 0.6) is 5.75 Å². The maximum absolute atomic E-state index is 13.6. The van der Waals surface area contributed by atoms with Crippen LogP contribution >= 0.6 is 11.3 Å². The monoisotopic (exact) mass is 450 g/mol. The highest BCUT2D eigenvalue weighted by Crippen LogP contribution is 2.31. The average molecular weight is 451 g/mol. The topological polar surface area (TPSA) is 74.8 Å². The number of nitrogens with zero attached hydrogens (tertiary/aromatic N) is 3. The van der Waals surface area contributed by atoms with E-state index in [0.717, 1.165) is 21.3 Å². The van der Waals surface area contributed by atoms with Gasteiger partial charge in [-0.25, -0.2) is 4.98 Å². The highest BCUT2D eigenvalue weighted by atomic mass is 32.1. The third-order valence-corrected chi connectivity index (χ3v) is 6.67. The fraction of sp³-hybridized carbons (Fsp3) is 0.292. The molecule has 1 aliphatic heterocycles. The molecule has 8 heteroatoms. The van der Waals surface area contributed by atoms with Crippen molar-refractivity contribution in [2.24, 2.45) is 0 Å². The Balaban J connectivity index is 1.56. The molecule has 1 aromatic heterocycles. The van der Waals surface area contributed by atoms with E-state index < -0.39 is 6.04 Å². The molecule has 3 aromatic rings. The molecule has 0 fully saturated rings. The Hall–Kier alpha value is -3.39. The number of carbonyl (C=O) groups excluding carboxylic acids is 2. The lowest BCUT2D eigenvalue weighted by atomic mass is 10.0. The van der Waals surface area contributed by atoms with Gasteiger partial charge in [-0.2, -0.15) is 0 Å². The van der Waals surface area contributed by atoms with Crippen LogP contribution in [-0.4, -0.2) is 49.4 Å². The van der Waals surface area contributed by atoms with Crippen LogP contribution in [0.25, 0.3) is 0 Å². The normalized spacial score (nSPS) is 13.8. The maximum Gasteiger partial charge on any atom is 0.252 e. The first-order chi connectivity index (χ1) is 15.5. The van der Waals surface area contributed by atoms with Gasteiger partial charge < -0.3 is 19.9 Å². The number of anilines is 1. The fourth-order valence-electron chi connectivity index (χ4n) is 3.63. The molecule has 166 valence electrons. The molecule has 4 rings (SSSR count). The van der Waals surface area contributed by atoms with Gasteiger partial charge >= 0.3 is 0 Å². The van der Waals surface area contributed by atoms with Crippen molar-refractivity contribution in [1.82, 2.24) is 15.2 Å². The van der Waals surface area contributed by atoms with Gasteiger partial charge in [-0.3, -0.25) is 9.59 Å². The molecule has 32 heavy (non-hydrogen) atoms. The molecular formula is C24H26N4O3S. The lowest BCUT2D eigenvalue weighted by molar-refractivity contribution is -0.134. The van der Waals surface area contributed by atoms with E-state index in [4.69, 9.17) is 4.74 Å². The highest BCUT2D eigenvalue weighted by Gasteiger charge is 2.31. The predicted molar refractivity (Wildman–Crippen MR) is 125 cm³/mol. The molecule has 2 aromatic carbocycles. The van der Waals surface area contributed by atoms with Gasteiger partial charge in [0.05, 0.1) is 19.3 Å². The number of rotatable bonds is 6. The number of benzene rings is 2. The summed E-state index contributed by atoms with van der Waals surface area (Å²) >= 11 is 1.61. The van der Waals surface area contributed by atoms with Crippen LogP contribution in [0, 0.1) is 0 Å². The van der Waals surface area contributed by atoms with Gasteiger partial charge in [-0.1, -0.05) is 41.7 Å². The van der Waals surface area contributed by atoms with Gasteiger partial charge in [-0.05, 0) is 29.8 Å². The van der Waals surface area contributed by atoms with Crippen molar-refractivity contribution in [3.63, 3.8) is 0 Å². The summed E-state index contributed by atoms with van der Waals surface area (Å²) in [6.07, 6.45) is 0.708. The summed E-state index contributed by atoms with van der Waals surface area (Å²) in [5, 5.41) is 3.88. The van der Waals surface area contributed by atoms with Crippen LogP contribution in [-0.2, 0) is 17.8 Å². The van der Waals surface area contributed by atoms with Crippen molar-refractivity contribution < 1.29 is 14.3 Å². The summed E-state index contributed by atoms with van der Waals surface area (Å²) in [6.45, 7) is 1.07. The zero-order chi connectivity index (χ0) is 22.7. The first kappa shape index (κ1) is 21.8. The Morgan fingerprint density at radius 3 is 2.50 bits per heavy atom. The zero-order valence-electron chi connectivity index (χ0n) is 18.4. The standard InChI is InChI=1S/C24H26N4O3S/c1-27(2)24-25-19-13-14-28(15-20(19)32-24)23(30)21(16-7-5-4-6-8-16)26-22(29)17-9-11-18(31-3)12-10-17/h4-12,21H,13-15H2,1-3H3,(H,26,29). The van der Waals surface area contributed by atoms with E-state index >= 15 is 0 Å². The van der Waals surface area contributed by atoms with E-state index in [2.05, 4.69) is 10.3 Å². The zero-order valence-corrected chi connectivity index (χ0v) is 19.2. The highest BCUT2D eigenvalue weighted by molar-refractivity contribution is 7.15. The van der Waals surface area contributed by atoms with E-state index in [-0.39, 0.29) is 11.8 Å². The number of ether oxygens (including phenoxy) is 1. The number of fused-ring (bicyclic) bond motifs is 1. The minimum Gasteiger partial charge on any atom is -0.497 e. The number of carbonyl (C=O) groups is 2. The summed E-state index contributed by atoms with van der Waals surface area (Å²) < 4.78 is 5.16. The first-order valence-electron chi connectivity index (χ1n) is 10.4. The summed E-state index contributed by atoms with van der Waals surface area (Å²) in [4.78, 5) is 36.1. The second kappa shape index (κ2) is 9.40. The number of nitrogens with one attached hydrogen (secondary N) is 1. The molecule has 0 saturated carbocycles. The molecule has 1 aliphatic rings. The molecule has 0 saturated heterocycles. The van der Waals surface area contributed by atoms with Crippen LogP contribution < -0.4 is 15.0 Å². The summed E-state index contributed by atoms with van der Waals surface area (Å²) in [5.74, 6) is 0.242. The predicted octanol–water partition coefficient (Wildman–Crippen LogP) is 3.27. The number of aromatic nitrogens is 1. The molecular weight excluding hydrogens is 424 g/mol. The Morgan fingerprint density at radius 1 is 1.12 bits per heavy atom. The molecule has 0 spiro atoms. The van der Waals surface area contributed by atoms with Gasteiger partial charge in [-0.15, -0.1) is 0 Å². The molecule has 0 bridgehead atoms. The minimum absolute atomic E-state index is 0.122. The summed E-state index contributed by atoms with van der Waals surface area (Å²) in [7, 11) is 5.51. The van der Waals surface area contributed by atoms with Gasteiger partial charge in [0.15, 0.2) is 5.13 Å². The molecule has 2 amide bonds. The van der Waals surface area contributed by atoms with E-state index in [1.807, 2.05) is 54.2 Å². The number of thiazole rings is 1. The Kier molecular flexibility index (Phi) is 6.41. The minimum atomic E-state index is -0.770. The van der Waals surface area contributed by atoms with Crippen LogP contribution in [0.1, 0.15) is 32.5 Å². The summed E-state index contributed by atoms with van der Waals surface area (Å²) in [5.41, 5.74) is 2.28. The van der Waals surface area contributed by atoms with Crippen LogP contribution in [0.3, 0.4) is 0 Å². The molecule has 1 unspecified atom stereocenters. The van der Waals surface area contributed by atoms with E-state index in [1.54, 1.807) is 42.7 Å². The van der Waals surface area contributed by atoms with Crippen molar-refractivity contribution in [2.75, 3.05) is 32.6 Å². The van der Waals surface area contributed by atoms with Crippen molar-refractivity contribution >= 4 is 28.3 Å². The third kappa shape index (κ3) is 4.60. The van der Waals surface area contributed by atoms with E-state index in [9.17, 15) is 9.59 Å². The SMILES string of the molecule is COc1ccc(C(=O)NC(C(=O)N2CCc3nc(N(C)C)sc3C2)c2ccccc2)cc1. The van der Waals surface area contributed by atoms with Crippen molar-refractivity contribution in [3.05, 3.63) is 76.3 Å². The van der Waals surface area contributed by atoms with Crippen molar-refractivity contribution in [2.45, 2.75) is 19.0 Å². The Labute approximate surface area is 191 Å². The number of methoxy groups -OCH3 is 1. The van der Waals surface area contributed by atoms with Gasteiger partial charge in [0, 0.05) is 37.5 Å².